The normalized spacial score (nSPS) is 19.2. The lowest BCUT2D eigenvalue weighted by atomic mass is 9.92. The zero-order valence-electron chi connectivity index (χ0n) is 18.2. The molecule has 2 aliphatic rings. The van der Waals surface area contributed by atoms with Gasteiger partial charge in [0, 0.05) is 23.7 Å². The van der Waals surface area contributed by atoms with Gasteiger partial charge in [-0.3, -0.25) is 0 Å². The summed E-state index contributed by atoms with van der Waals surface area (Å²) in [5.41, 5.74) is 1.84. The Morgan fingerprint density at radius 3 is 2.03 bits per heavy atom. The SMILES string of the molecule is C=CCC1C=CCCN1P1(=O)Oc2ccc3ccccc3c2-c2c(ccc3ccccc23)O1. The van der Waals surface area contributed by atoms with Gasteiger partial charge in [-0.15, -0.1) is 6.58 Å². The molecule has 0 radical (unpaired) electrons. The number of hydrogen-bond donors (Lipinski definition) is 0. The summed E-state index contributed by atoms with van der Waals surface area (Å²) in [7, 11) is -3.70. The van der Waals surface area contributed by atoms with Crippen LogP contribution >= 0.6 is 7.75 Å². The minimum Gasteiger partial charge on any atom is -0.404 e. The molecule has 0 spiro atoms. The van der Waals surface area contributed by atoms with E-state index in [0.717, 1.165) is 39.1 Å². The molecule has 2 aliphatic heterocycles. The summed E-state index contributed by atoms with van der Waals surface area (Å²) >= 11 is 0. The van der Waals surface area contributed by atoms with Gasteiger partial charge in [-0.1, -0.05) is 78.9 Å². The highest BCUT2D eigenvalue weighted by molar-refractivity contribution is 7.52. The lowest BCUT2D eigenvalue weighted by Gasteiger charge is -2.35. The molecule has 4 nitrogen and oxygen atoms in total. The molecule has 0 N–H and O–H groups in total. The van der Waals surface area contributed by atoms with E-state index in [1.54, 1.807) is 0 Å². The highest BCUT2D eigenvalue weighted by Gasteiger charge is 2.44. The van der Waals surface area contributed by atoms with E-state index >= 15 is 0 Å². The Hall–Kier alpha value is -3.33. The van der Waals surface area contributed by atoms with Crippen molar-refractivity contribution in [2.75, 3.05) is 6.54 Å². The molecule has 1 unspecified atom stereocenters. The fraction of sp³-hybridized carbons (Fsp3) is 0.143. The summed E-state index contributed by atoms with van der Waals surface area (Å²) < 4.78 is 29.2. The molecule has 0 fully saturated rings. The van der Waals surface area contributed by atoms with E-state index in [1.165, 1.54) is 0 Å². The largest absolute Gasteiger partial charge is 0.516 e. The van der Waals surface area contributed by atoms with Crippen LogP contribution in [-0.2, 0) is 4.57 Å². The van der Waals surface area contributed by atoms with E-state index in [2.05, 4.69) is 43.0 Å². The second kappa shape index (κ2) is 7.91. The van der Waals surface area contributed by atoms with Crippen molar-refractivity contribution in [3.63, 3.8) is 0 Å². The van der Waals surface area contributed by atoms with Crippen molar-refractivity contribution in [1.82, 2.24) is 4.67 Å². The second-order valence-electron chi connectivity index (χ2n) is 8.44. The molecule has 0 aromatic heterocycles. The van der Waals surface area contributed by atoms with Crippen molar-refractivity contribution in [2.24, 2.45) is 0 Å². The third-order valence-corrected chi connectivity index (χ3v) is 8.43. The van der Waals surface area contributed by atoms with Crippen molar-refractivity contribution in [3.8, 4) is 22.6 Å². The molecule has 164 valence electrons. The van der Waals surface area contributed by atoms with Gasteiger partial charge in [0.2, 0.25) is 0 Å². The molecule has 4 aromatic carbocycles. The summed E-state index contributed by atoms with van der Waals surface area (Å²) in [5.74, 6) is 1.16. The number of fused-ring (bicyclic) bond motifs is 7. The van der Waals surface area contributed by atoms with Crippen LogP contribution in [0.5, 0.6) is 11.5 Å². The molecular formula is C28H24NO3P. The predicted molar refractivity (Wildman–Crippen MR) is 135 cm³/mol. The van der Waals surface area contributed by atoms with Gasteiger partial charge >= 0.3 is 7.75 Å². The minimum atomic E-state index is -3.70. The van der Waals surface area contributed by atoms with Crippen LogP contribution in [0.15, 0.2) is 97.6 Å². The zero-order chi connectivity index (χ0) is 22.4. The Balaban J connectivity index is 1.65. The van der Waals surface area contributed by atoms with Gasteiger partial charge in [0.1, 0.15) is 11.5 Å². The monoisotopic (exact) mass is 453 g/mol. The smallest absolute Gasteiger partial charge is 0.404 e. The first kappa shape index (κ1) is 20.3. The first-order valence-corrected chi connectivity index (χ1v) is 12.8. The molecule has 1 atom stereocenters. The van der Waals surface area contributed by atoms with Gasteiger partial charge in [0.15, 0.2) is 0 Å². The van der Waals surface area contributed by atoms with Crippen molar-refractivity contribution in [1.29, 1.82) is 0 Å². The summed E-state index contributed by atoms with van der Waals surface area (Å²) in [6, 6.07) is 24.2. The average molecular weight is 453 g/mol. The third kappa shape index (κ3) is 3.30. The van der Waals surface area contributed by atoms with Crippen LogP contribution in [0.4, 0.5) is 0 Å². The van der Waals surface area contributed by atoms with Crippen LogP contribution in [-0.4, -0.2) is 17.3 Å². The summed E-state index contributed by atoms with van der Waals surface area (Å²) in [4.78, 5) is 0. The summed E-state index contributed by atoms with van der Waals surface area (Å²) in [6.07, 6.45) is 7.50. The maximum atomic E-state index is 14.5. The molecule has 0 aliphatic carbocycles. The second-order valence-corrected chi connectivity index (χ2v) is 10.3. The van der Waals surface area contributed by atoms with Gasteiger partial charge in [-0.25, -0.2) is 4.57 Å². The highest BCUT2D eigenvalue weighted by atomic mass is 31.2. The van der Waals surface area contributed by atoms with Crippen LogP contribution in [0, 0.1) is 0 Å². The van der Waals surface area contributed by atoms with Crippen molar-refractivity contribution >= 4 is 29.3 Å². The summed E-state index contributed by atoms with van der Waals surface area (Å²) in [5, 5.41) is 4.29. The first-order valence-electron chi connectivity index (χ1n) is 11.3. The molecule has 0 saturated heterocycles. The van der Waals surface area contributed by atoms with Gasteiger partial charge in [0.05, 0.1) is 0 Å². The average Bonchev–Trinajstić information content (AvgIpc) is 2.98. The minimum absolute atomic E-state index is 0.0898. The number of rotatable bonds is 3. The van der Waals surface area contributed by atoms with E-state index in [1.807, 2.05) is 59.3 Å². The fourth-order valence-corrected chi connectivity index (χ4v) is 6.89. The van der Waals surface area contributed by atoms with Gasteiger partial charge < -0.3 is 9.05 Å². The maximum Gasteiger partial charge on any atom is 0.516 e. The van der Waals surface area contributed by atoms with Gasteiger partial charge in [-0.05, 0) is 46.5 Å². The van der Waals surface area contributed by atoms with Crippen LogP contribution in [0.3, 0.4) is 0 Å². The van der Waals surface area contributed by atoms with E-state index < -0.39 is 7.75 Å². The number of benzene rings is 4. The van der Waals surface area contributed by atoms with Crippen molar-refractivity contribution < 1.29 is 13.6 Å². The Bertz CT molecular complexity index is 1380. The van der Waals surface area contributed by atoms with E-state index in [9.17, 15) is 4.57 Å². The molecule has 4 aromatic rings. The number of nitrogens with zero attached hydrogens (tertiary/aromatic N) is 1. The Morgan fingerprint density at radius 2 is 1.45 bits per heavy atom. The zero-order valence-corrected chi connectivity index (χ0v) is 19.1. The van der Waals surface area contributed by atoms with Crippen LogP contribution in [0.1, 0.15) is 12.8 Å². The van der Waals surface area contributed by atoms with Gasteiger partial charge in [0.25, 0.3) is 0 Å². The molecule has 2 heterocycles. The Labute approximate surface area is 193 Å². The Morgan fingerprint density at radius 1 is 0.879 bits per heavy atom. The van der Waals surface area contributed by atoms with E-state index in [4.69, 9.17) is 9.05 Å². The van der Waals surface area contributed by atoms with Crippen LogP contribution in [0.25, 0.3) is 32.7 Å². The molecule has 0 saturated carbocycles. The molecule has 5 heteroatoms. The third-order valence-electron chi connectivity index (χ3n) is 6.45. The van der Waals surface area contributed by atoms with Crippen LogP contribution in [0.2, 0.25) is 0 Å². The Kier molecular flexibility index (Phi) is 4.86. The standard InChI is InChI=1S/C28H24NO3P/c1-2-9-22-12-7-8-19-29(22)33(30)31-25-17-15-20-10-3-5-13-23(20)27(25)28-24-14-6-4-11-21(24)16-18-26(28)32-33/h2-7,10-18,22H,1,8-9,19H2. The van der Waals surface area contributed by atoms with Crippen molar-refractivity contribution in [3.05, 3.63) is 97.6 Å². The van der Waals surface area contributed by atoms with Crippen LogP contribution < -0.4 is 9.05 Å². The predicted octanol–water partition coefficient (Wildman–Crippen LogP) is 7.75. The quantitative estimate of drug-likeness (QED) is 0.235. The van der Waals surface area contributed by atoms with Gasteiger partial charge in [-0.2, -0.15) is 4.67 Å². The fourth-order valence-electron chi connectivity index (χ4n) is 4.94. The topological polar surface area (TPSA) is 38.8 Å². The molecule has 33 heavy (non-hydrogen) atoms. The lowest BCUT2D eigenvalue weighted by Crippen LogP contribution is -2.36. The molecule has 0 amide bonds. The van der Waals surface area contributed by atoms with Crippen molar-refractivity contribution in [2.45, 2.75) is 18.9 Å². The summed E-state index contributed by atoms with van der Waals surface area (Å²) in [6.45, 7) is 4.48. The molecule has 6 rings (SSSR count). The molecular weight excluding hydrogens is 429 g/mol. The van der Waals surface area contributed by atoms with E-state index in [0.29, 0.717) is 24.5 Å². The maximum absolute atomic E-state index is 14.5. The molecule has 0 bridgehead atoms. The highest BCUT2D eigenvalue weighted by Crippen LogP contribution is 2.61. The first-order chi connectivity index (χ1) is 16.2. The van der Waals surface area contributed by atoms with E-state index in [-0.39, 0.29) is 6.04 Å². The number of hydrogen-bond acceptors (Lipinski definition) is 3. The lowest BCUT2D eigenvalue weighted by molar-refractivity contribution is 0.257.